The first kappa shape index (κ1) is 24.0. The van der Waals surface area contributed by atoms with Crippen LogP contribution in [0, 0.1) is 0 Å². The van der Waals surface area contributed by atoms with Crippen molar-refractivity contribution in [2.75, 3.05) is 26.7 Å². The standard InChI is InChI=1S/C26H30N2O5S/c1-32-21-13-11-20(12-14-21)23(28-17-7-2-3-8-18-28)19-27-26(29)24-15-16-25(33-24)34(30,31)22-9-5-4-6-10-22/h4-6,9-16,23H,2-3,7-8,17-19H2,1H3,(H,27,29). The second-order valence-corrected chi connectivity index (χ2v) is 10.3. The zero-order valence-corrected chi connectivity index (χ0v) is 20.1. The van der Waals surface area contributed by atoms with Gasteiger partial charge >= 0.3 is 0 Å². The molecule has 0 spiro atoms. The summed E-state index contributed by atoms with van der Waals surface area (Å²) in [7, 11) is -2.18. The fraction of sp³-hybridized carbons (Fsp3) is 0.346. The zero-order chi connectivity index (χ0) is 24.0. The van der Waals surface area contributed by atoms with Crippen molar-refractivity contribution in [2.24, 2.45) is 0 Å². The summed E-state index contributed by atoms with van der Waals surface area (Å²) < 4.78 is 36.3. The van der Waals surface area contributed by atoms with Crippen LogP contribution in [0.1, 0.15) is 47.8 Å². The maximum absolute atomic E-state index is 12.9. The SMILES string of the molecule is COc1ccc(C(CNC(=O)c2ccc(S(=O)(=O)c3ccccc3)o2)N2CCCCCC2)cc1. The smallest absolute Gasteiger partial charge is 0.287 e. The third-order valence-electron chi connectivity index (χ3n) is 6.16. The topological polar surface area (TPSA) is 88.8 Å². The normalized spacial score (nSPS) is 15.9. The second kappa shape index (κ2) is 10.9. The number of amides is 1. The van der Waals surface area contributed by atoms with E-state index >= 15 is 0 Å². The highest BCUT2D eigenvalue weighted by atomic mass is 32.2. The Morgan fingerprint density at radius 1 is 0.971 bits per heavy atom. The largest absolute Gasteiger partial charge is 0.497 e. The fourth-order valence-corrected chi connectivity index (χ4v) is 5.46. The minimum Gasteiger partial charge on any atom is -0.497 e. The van der Waals surface area contributed by atoms with E-state index in [1.54, 1.807) is 25.3 Å². The van der Waals surface area contributed by atoms with E-state index in [-0.39, 0.29) is 21.8 Å². The van der Waals surface area contributed by atoms with Crippen molar-refractivity contribution in [3.63, 3.8) is 0 Å². The molecule has 180 valence electrons. The molecule has 2 aromatic carbocycles. The van der Waals surface area contributed by atoms with E-state index in [2.05, 4.69) is 10.2 Å². The van der Waals surface area contributed by atoms with E-state index in [1.165, 1.54) is 37.1 Å². The molecule has 0 aliphatic carbocycles. The van der Waals surface area contributed by atoms with E-state index in [9.17, 15) is 13.2 Å². The fourth-order valence-electron chi connectivity index (χ4n) is 4.27. The van der Waals surface area contributed by atoms with Crippen LogP contribution >= 0.6 is 0 Å². The van der Waals surface area contributed by atoms with Crippen LogP contribution in [0.5, 0.6) is 5.75 Å². The summed E-state index contributed by atoms with van der Waals surface area (Å²) in [6.07, 6.45) is 4.67. The Balaban J connectivity index is 1.49. The molecule has 2 heterocycles. The van der Waals surface area contributed by atoms with Crippen molar-refractivity contribution < 1.29 is 22.4 Å². The van der Waals surface area contributed by atoms with E-state index in [0.29, 0.717) is 6.54 Å². The van der Waals surface area contributed by atoms with Gasteiger partial charge in [0.25, 0.3) is 5.91 Å². The number of nitrogens with zero attached hydrogens (tertiary/aromatic N) is 1. The lowest BCUT2D eigenvalue weighted by atomic mass is 10.0. The molecule has 1 amide bonds. The molecule has 1 atom stereocenters. The van der Waals surface area contributed by atoms with Crippen LogP contribution in [0.2, 0.25) is 0 Å². The average molecular weight is 483 g/mol. The Morgan fingerprint density at radius 3 is 2.29 bits per heavy atom. The molecule has 0 radical (unpaired) electrons. The number of carbonyl (C=O) groups excluding carboxylic acids is 1. The summed E-state index contributed by atoms with van der Waals surface area (Å²) in [6.45, 7) is 2.31. The molecule has 3 aromatic rings. The van der Waals surface area contributed by atoms with Crippen LogP contribution in [-0.2, 0) is 9.84 Å². The third kappa shape index (κ3) is 5.51. The molecule has 1 aliphatic rings. The van der Waals surface area contributed by atoms with Gasteiger partial charge in [-0.3, -0.25) is 9.69 Å². The Labute approximate surface area is 200 Å². The van der Waals surface area contributed by atoms with Gasteiger partial charge in [-0.1, -0.05) is 43.2 Å². The van der Waals surface area contributed by atoms with Crippen LogP contribution < -0.4 is 10.1 Å². The van der Waals surface area contributed by atoms with Gasteiger partial charge in [0.1, 0.15) is 5.75 Å². The molecule has 8 heteroatoms. The molecule has 1 saturated heterocycles. The van der Waals surface area contributed by atoms with Crippen LogP contribution in [-0.4, -0.2) is 46.0 Å². The first-order chi connectivity index (χ1) is 16.5. The van der Waals surface area contributed by atoms with Gasteiger partial charge in [0, 0.05) is 6.54 Å². The van der Waals surface area contributed by atoms with Crippen molar-refractivity contribution in [1.82, 2.24) is 10.2 Å². The molecule has 1 aromatic heterocycles. The lowest BCUT2D eigenvalue weighted by molar-refractivity contribution is 0.0900. The highest BCUT2D eigenvalue weighted by Crippen LogP contribution is 2.26. The number of methoxy groups -OCH3 is 1. The summed E-state index contributed by atoms with van der Waals surface area (Å²) in [4.78, 5) is 15.4. The summed E-state index contributed by atoms with van der Waals surface area (Å²) in [6, 6.07) is 18.7. The lowest BCUT2D eigenvalue weighted by Crippen LogP contribution is -2.38. The second-order valence-electron chi connectivity index (χ2n) is 8.38. The maximum Gasteiger partial charge on any atom is 0.287 e. The molecule has 1 unspecified atom stereocenters. The van der Waals surface area contributed by atoms with Crippen molar-refractivity contribution >= 4 is 15.7 Å². The number of ether oxygens (including phenoxy) is 1. The van der Waals surface area contributed by atoms with Gasteiger partial charge in [-0.15, -0.1) is 0 Å². The Morgan fingerprint density at radius 2 is 1.65 bits per heavy atom. The number of carbonyl (C=O) groups is 1. The van der Waals surface area contributed by atoms with Gasteiger partial charge in [-0.05, 0) is 67.9 Å². The van der Waals surface area contributed by atoms with Gasteiger partial charge < -0.3 is 14.5 Å². The molecular formula is C26H30N2O5S. The molecular weight excluding hydrogens is 452 g/mol. The Hall–Kier alpha value is -3.10. The summed E-state index contributed by atoms with van der Waals surface area (Å²) >= 11 is 0. The van der Waals surface area contributed by atoms with Crippen LogP contribution in [0.4, 0.5) is 0 Å². The molecule has 1 aliphatic heterocycles. The van der Waals surface area contributed by atoms with Crippen LogP contribution in [0.25, 0.3) is 0 Å². The minimum atomic E-state index is -3.82. The molecule has 7 nitrogen and oxygen atoms in total. The van der Waals surface area contributed by atoms with Crippen molar-refractivity contribution in [3.8, 4) is 5.75 Å². The monoisotopic (exact) mass is 482 g/mol. The van der Waals surface area contributed by atoms with Crippen molar-refractivity contribution in [1.29, 1.82) is 0 Å². The number of furan rings is 1. The van der Waals surface area contributed by atoms with Gasteiger partial charge in [0.05, 0.1) is 18.0 Å². The average Bonchev–Trinajstić information content (AvgIpc) is 3.23. The number of likely N-dealkylation sites (tertiary alicyclic amines) is 1. The zero-order valence-electron chi connectivity index (χ0n) is 19.3. The van der Waals surface area contributed by atoms with E-state index in [0.717, 1.165) is 37.2 Å². The molecule has 34 heavy (non-hydrogen) atoms. The van der Waals surface area contributed by atoms with Crippen molar-refractivity contribution in [2.45, 2.75) is 41.7 Å². The van der Waals surface area contributed by atoms with Gasteiger partial charge in [0.2, 0.25) is 14.9 Å². The van der Waals surface area contributed by atoms with E-state index < -0.39 is 15.7 Å². The number of rotatable bonds is 8. The number of hydrogen-bond acceptors (Lipinski definition) is 6. The molecule has 0 saturated carbocycles. The van der Waals surface area contributed by atoms with Gasteiger partial charge in [0.15, 0.2) is 5.76 Å². The highest BCUT2D eigenvalue weighted by Gasteiger charge is 2.25. The lowest BCUT2D eigenvalue weighted by Gasteiger charge is -2.31. The number of hydrogen-bond donors (Lipinski definition) is 1. The van der Waals surface area contributed by atoms with Gasteiger partial charge in [-0.2, -0.15) is 0 Å². The van der Waals surface area contributed by atoms with Crippen LogP contribution in [0.3, 0.4) is 0 Å². The first-order valence-corrected chi connectivity index (χ1v) is 13.0. The third-order valence-corrected chi connectivity index (χ3v) is 7.80. The predicted octanol–water partition coefficient (Wildman–Crippen LogP) is 4.47. The van der Waals surface area contributed by atoms with E-state index in [4.69, 9.17) is 9.15 Å². The Bertz CT molecular complexity index is 1180. The van der Waals surface area contributed by atoms with Crippen molar-refractivity contribution in [3.05, 3.63) is 78.1 Å². The first-order valence-electron chi connectivity index (χ1n) is 11.6. The molecule has 1 fully saturated rings. The predicted molar refractivity (Wildman–Crippen MR) is 129 cm³/mol. The Kier molecular flexibility index (Phi) is 7.70. The summed E-state index contributed by atoms with van der Waals surface area (Å²) in [5.41, 5.74) is 1.09. The number of benzene rings is 2. The van der Waals surface area contributed by atoms with Crippen LogP contribution in [0.15, 0.2) is 81.1 Å². The number of nitrogens with one attached hydrogen (secondary N) is 1. The summed E-state index contributed by atoms with van der Waals surface area (Å²) in [5.74, 6) is 0.312. The van der Waals surface area contributed by atoms with E-state index in [1.807, 2.05) is 24.3 Å². The molecule has 4 rings (SSSR count). The quantitative estimate of drug-likeness (QED) is 0.510. The molecule has 0 bridgehead atoms. The highest BCUT2D eigenvalue weighted by molar-refractivity contribution is 7.91. The van der Waals surface area contributed by atoms with Gasteiger partial charge in [-0.25, -0.2) is 8.42 Å². The molecule has 1 N–H and O–H groups in total. The number of sulfone groups is 1. The summed E-state index contributed by atoms with van der Waals surface area (Å²) in [5, 5.41) is 2.70. The maximum atomic E-state index is 12.9. The minimum absolute atomic E-state index is 0.00422.